The van der Waals surface area contributed by atoms with Gasteiger partial charge in [0, 0.05) is 10.8 Å². The van der Waals surface area contributed by atoms with Gasteiger partial charge in [0.2, 0.25) is 5.75 Å². The molecule has 0 bridgehead atoms. The van der Waals surface area contributed by atoms with E-state index in [0.717, 1.165) is 22.6 Å². The number of aryl methyl sites for hydroxylation is 2. The van der Waals surface area contributed by atoms with Gasteiger partial charge in [0.1, 0.15) is 12.8 Å². The van der Waals surface area contributed by atoms with Gasteiger partial charge in [-0.15, -0.1) is 0 Å². The summed E-state index contributed by atoms with van der Waals surface area (Å²) < 4.78 is 8.75. The maximum absolute atomic E-state index is 6.53. The predicted molar refractivity (Wildman–Crippen MR) is 110 cm³/mol. The van der Waals surface area contributed by atoms with Crippen molar-refractivity contribution in [1.82, 2.24) is 0 Å². The summed E-state index contributed by atoms with van der Waals surface area (Å²) in [5.41, 5.74) is 3.71. The first kappa shape index (κ1) is 14.7. The van der Waals surface area contributed by atoms with Crippen molar-refractivity contribution in [2.24, 2.45) is 7.05 Å². The summed E-state index contributed by atoms with van der Waals surface area (Å²) in [5.74, 6) is 1.90. The van der Waals surface area contributed by atoms with Crippen molar-refractivity contribution in [3.8, 4) is 22.8 Å². The highest BCUT2D eigenvalue weighted by Gasteiger charge is 2.31. The van der Waals surface area contributed by atoms with Crippen LogP contribution in [0.3, 0.4) is 0 Å². The van der Waals surface area contributed by atoms with Gasteiger partial charge in [-0.05, 0) is 40.8 Å². The van der Waals surface area contributed by atoms with Gasteiger partial charge in [0.05, 0.1) is 10.9 Å². The second-order valence-corrected chi connectivity index (χ2v) is 7.38. The van der Waals surface area contributed by atoms with E-state index in [4.69, 9.17) is 4.74 Å². The Morgan fingerprint density at radius 1 is 0.741 bits per heavy atom. The average molecular weight is 348 g/mol. The Hall–Kier alpha value is -3.39. The Morgan fingerprint density at radius 3 is 2.48 bits per heavy atom. The molecule has 0 fully saturated rings. The molecule has 1 aliphatic rings. The minimum atomic E-state index is 0.944. The molecule has 4 aromatic carbocycles. The van der Waals surface area contributed by atoms with E-state index < -0.39 is 0 Å². The van der Waals surface area contributed by atoms with Crippen LogP contribution in [-0.2, 0) is 7.05 Å². The zero-order valence-electron chi connectivity index (χ0n) is 15.3. The molecular formula is C25H18NO+. The third-order valence-electron chi connectivity index (χ3n) is 5.77. The maximum atomic E-state index is 6.53. The Morgan fingerprint density at radius 2 is 1.56 bits per heavy atom. The first-order valence-corrected chi connectivity index (χ1v) is 9.27. The standard InChI is InChI=1S/C25H18NO/c1-15-10-11-17-7-5-9-21-23(17)22(15)24-25(27-21)19-13-12-16-6-3-4-8-18(16)20(19)14-26(24)2/h3-14H,1-2H3/q+1. The van der Waals surface area contributed by atoms with Crippen LogP contribution in [0, 0.1) is 6.92 Å². The molecule has 0 unspecified atom stereocenters. The molecule has 0 amide bonds. The van der Waals surface area contributed by atoms with Crippen molar-refractivity contribution < 1.29 is 9.30 Å². The summed E-state index contributed by atoms with van der Waals surface area (Å²) >= 11 is 0. The van der Waals surface area contributed by atoms with E-state index in [-0.39, 0.29) is 0 Å². The van der Waals surface area contributed by atoms with E-state index in [9.17, 15) is 0 Å². The van der Waals surface area contributed by atoms with Gasteiger partial charge in [0.15, 0.2) is 6.20 Å². The maximum Gasteiger partial charge on any atom is 0.257 e. The second kappa shape index (κ2) is 5.08. The molecule has 5 aromatic rings. The van der Waals surface area contributed by atoms with Crippen LogP contribution in [0.15, 0.2) is 72.9 Å². The molecule has 2 nitrogen and oxygen atoms in total. The average Bonchev–Trinajstić information content (AvgIpc) is 2.70. The van der Waals surface area contributed by atoms with Crippen molar-refractivity contribution in [3.05, 3.63) is 78.5 Å². The quantitative estimate of drug-likeness (QED) is 0.240. The number of aromatic nitrogens is 1. The van der Waals surface area contributed by atoms with Gasteiger partial charge in [-0.2, -0.15) is 4.57 Å². The number of benzene rings is 4. The van der Waals surface area contributed by atoms with E-state index in [0.29, 0.717) is 0 Å². The molecule has 0 aliphatic carbocycles. The molecule has 128 valence electrons. The molecule has 0 atom stereocenters. The summed E-state index contributed by atoms with van der Waals surface area (Å²) in [4.78, 5) is 0. The lowest BCUT2D eigenvalue weighted by atomic mass is 9.92. The van der Waals surface area contributed by atoms with Gasteiger partial charge < -0.3 is 4.74 Å². The fourth-order valence-electron chi connectivity index (χ4n) is 4.52. The minimum absolute atomic E-state index is 0.944. The highest BCUT2D eigenvalue weighted by Crippen LogP contribution is 2.49. The molecular weight excluding hydrogens is 330 g/mol. The Balaban J connectivity index is 1.84. The normalized spacial score (nSPS) is 12.4. The number of fused-ring (bicyclic) bond motifs is 6. The number of hydrogen-bond donors (Lipinski definition) is 0. The Bertz CT molecular complexity index is 1420. The van der Waals surface area contributed by atoms with Crippen LogP contribution in [0.2, 0.25) is 0 Å². The van der Waals surface area contributed by atoms with E-state index in [1.807, 2.05) is 0 Å². The van der Waals surface area contributed by atoms with Crippen molar-refractivity contribution in [1.29, 1.82) is 0 Å². The van der Waals surface area contributed by atoms with Crippen LogP contribution in [0.1, 0.15) is 5.56 Å². The zero-order chi connectivity index (χ0) is 18.1. The highest BCUT2D eigenvalue weighted by atomic mass is 16.5. The number of pyridine rings is 1. The fourth-order valence-corrected chi connectivity index (χ4v) is 4.52. The first-order chi connectivity index (χ1) is 13.2. The highest BCUT2D eigenvalue weighted by molar-refractivity contribution is 6.12. The van der Waals surface area contributed by atoms with Gasteiger partial charge >= 0.3 is 0 Å². The Labute approximate surface area is 157 Å². The van der Waals surface area contributed by atoms with Crippen molar-refractivity contribution >= 4 is 32.3 Å². The molecule has 0 saturated carbocycles. The van der Waals surface area contributed by atoms with Crippen LogP contribution in [0.5, 0.6) is 11.5 Å². The summed E-state index contributed by atoms with van der Waals surface area (Å²) in [5, 5.41) is 7.31. The topological polar surface area (TPSA) is 13.1 Å². The molecule has 0 saturated heterocycles. The molecule has 2 heterocycles. The third-order valence-corrected chi connectivity index (χ3v) is 5.77. The molecule has 2 heteroatoms. The lowest BCUT2D eigenvalue weighted by molar-refractivity contribution is -0.659. The van der Waals surface area contributed by atoms with Crippen LogP contribution in [0.4, 0.5) is 0 Å². The molecule has 0 N–H and O–H groups in total. The number of rotatable bonds is 0. The van der Waals surface area contributed by atoms with Crippen LogP contribution >= 0.6 is 0 Å². The van der Waals surface area contributed by atoms with Gasteiger partial charge in [-0.25, -0.2) is 0 Å². The summed E-state index contributed by atoms with van der Waals surface area (Å²) in [6.45, 7) is 2.19. The SMILES string of the molecule is Cc1ccc2cccc3c2c1-c1c(c2ccc4ccccc4c2c[n+]1C)O3. The molecule has 1 aliphatic heterocycles. The summed E-state index contributed by atoms with van der Waals surface area (Å²) in [7, 11) is 2.12. The fraction of sp³-hybridized carbons (Fsp3) is 0.0800. The smallest absolute Gasteiger partial charge is 0.257 e. The van der Waals surface area contributed by atoms with E-state index in [2.05, 4.69) is 91.5 Å². The zero-order valence-corrected chi connectivity index (χ0v) is 15.3. The monoisotopic (exact) mass is 348 g/mol. The van der Waals surface area contributed by atoms with Crippen molar-refractivity contribution in [2.45, 2.75) is 6.92 Å². The largest absolute Gasteiger partial charge is 0.449 e. The van der Waals surface area contributed by atoms with Gasteiger partial charge in [-0.3, -0.25) is 0 Å². The van der Waals surface area contributed by atoms with Crippen LogP contribution in [0.25, 0.3) is 43.6 Å². The van der Waals surface area contributed by atoms with Gasteiger partial charge in [-0.1, -0.05) is 54.6 Å². The van der Waals surface area contributed by atoms with E-state index >= 15 is 0 Å². The Kier molecular flexibility index (Phi) is 2.77. The predicted octanol–water partition coefficient (Wildman–Crippen LogP) is 6.05. The van der Waals surface area contributed by atoms with Crippen LogP contribution < -0.4 is 9.30 Å². The van der Waals surface area contributed by atoms with Crippen LogP contribution in [-0.4, -0.2) is 0 Å². The molecule has 1 aromatic heterocycles. The number of hydrogen-bond acceptors (Lipinski definition) is 1. The molecule has 6 rings (SSSR count). The molecule has 0 radical (unpaired) electrons. The lowest BCUT2D eigenvalue weighted by Gasteiger charge is -2.22. The van der Waals surface area contributed by atoms with Crippen molar-refractivity contribution in [3.63, 3.8) is 0 Å². The summed E-state index contributed by atoms with van der Waals surface area (Å²) in [6, 6.07) is 23.6. The molecule has 0 spiro atoms. The van der Waals surface area contributed by atoms with E-state index in [1.165, 1.54) is 38.1 Å². The van der Waals surface area contributed by atoms with Crippen molar-refractivity contribution in [2.75, 3.05) is 0 Å². The molecule has 27 heavy (non-hydrogen) atoms. The number of ether oxygens (including phenoxy) is 1. The van der Waals surface area contributed by atoms with E-state index in [1.54, 1.807) is 0 Å². The number of nitrogens with zero attached hydrogens (tertiary/aromatic N) is 1. The lowest BCUT2D eigenvalue weighted by Crippen LogP contribution is -2.32. The minimum Gasteiger partial charge on any atom is -0.449 e. The second-order valence-electron chi connectivity index (χ2n) is 7.38. The van der Waals surface area contributed by atoms with Gasteiger partial charge in [0.25, 0.3) is 5.69 Å². The third kappa shape index (κ3) is 1.87. The summed E-state index contributed by atoms with van der Waals surface area (Å²) in [6.07, 6.45) is 2.24. The first-order valence-electron chi connectivity index (χ1n) is 9.27.